The summed E-state index contributed by atoms with van der Waals surface area (Å²) in [4.78, 5) is 25.4. The molecule has 1 N–H and O–H groups in total. The zero-order chi connectivity index (χ0) is 12.4. The fourth-order valence-corrected chi connectivity index (χ4v) is 2.13. The normalized spacial score (nSPS) is 15.3. The van der Waals surface area contributed by atoms with Gasteiger partial charge in [0, 0.05) is 6.54 Å². The third kappa shape index (κ3) is 2.54. The molecule has 4 nitrogen and oxygen atoms in total. The predicted octanol–water partition coefficient (Wildman–Crippen LogP) is 1.56. The van der Waals surface area contributed by atoms with E-state index in [1.807, 2.05) is 14.0 Å². The molecular weight excluding hydrogens is 252 g/mol. The average Bonchev–Trinajstić information content (AvgIpc) is 2.56. The molecule has 1 aliphatic rings. The van der Waals surface area contributed by atoms with Gasteiger partial charge in [-0.2, -0.15) is 0 Å². The lowest BCUT2D eigenvalue weighted by atomic mass is 10.1. The fraction of sp³-hybridized carbons (Fsp3) is 0.385. The van der Waals surface area contributed by atoms with E-state index in [-0.39, 0.29) is 30.1 Å². The van der Waals surface area contributed by atoms with Gasteiger partial charge in [-0.25, -0.2) is 0 Å². The lowest BCUT2D eigenvalue weighted by Gasteiger charge is -2.18. The smallest absolute Gasteiger partial charge is 0.261 e. The minimum absolute atomic E-state index is 0. The molecule has 0 aromatic heterocycles. The van der Waals surface area contributed by atoms with Crippen LogP contribution in [0, 0.1) is 5.92 Å². The fourth-order valence-electron chi connectivity index (χ4n) is 2.13. The Labute approximate surface area is 113 Å². The summed E-state index contributed by atoms with van der Waals surface area (Å²) < 4.78 is 0. The van der Waals surface area contributed by atoms with E-state index < -0.39 is 0 Å². The van der Waals surface area contributed by atoms with E-state index in [9.17, 15) is 9.59 Å². The molecule has 98 valence electrons. The molecule has 0 bridgehead atoms. The van der Waals surface area contributed by atoms with Crippen molar-refractivity contribution in [3.63, 3.8) is 0 Å². The highest BCUT2D eigenvalue weighted by Gasteiger charge is 2.35. The quantitative estimate of drug-likeness (QED) is 0.843. The molecule has 0 spiro atoms. The van der Waals surface area contributed by atoms with Crippen LogP contribution in [0.25, 0.3) is 0 Å². The molecular formula is C13H17ClN2O2. The molecule has 0 aliphatic carbocycles. The first kappa shape index (κ1) is 14.7. The van der Waals surface area contributed by atoms with Gasteiger partial charge in [-0.1, -0.05) is 19.1 Å². The summed E-state index contributed by atoms with van der Waals surface area (Å²) in [6, 6.07) is 6.98. The monoisotopic (exact) mass is 268 g/mol. The lowest BCUT2D eigenvalue weighted by molar-refractivity contribution is 0.0633. The number of imide groups is 1. The summed E-state index contributed by atoms with van der Waals surface area (Å²) in [7, 11) is 1.86. The van der Waals surface area contributed by atoms with E-state index in [0.717, 1.165) is 6.54 Å². The highest BCUT2D eigenvalue weighted by molar-refractivity contribution is 6.21. The zero-order valence-corrected chi connectivity index (χ0v) is 11.3. The first-order valence-electron chi connectivity index (χ1n) is 5.75. The van der Waals surface area contributed by atoms with Crippen LogP contribution >= 0.6 is 12.4 Å². The third-order valence-corrected chi connectivity index (χ3v) is 2.93. The van der Waals surface area contributed by atoms with Crippen molar-refractivity contribution in [2.45, 2.75) is 6.92 Å². The molecule has 1 heterocycles. The summed E-state index contributed by atoms with van der Waals surface area (Å²) in [5.74, 6) is -0.0932. The number of amides is 2. The minimum Gasteiger partial charge on any atom is -0.319 e. The molecule has 2 rings (SSSR count). The Hall–Kier alpha value is -1.39. The van der Waals surface area contributed by atoms with Gasteiger partial charge in [0.05, 0.1) is 11.1 Å². The lowest BCUT2D eigenvalue weighted by Crippen LogP contribution is -2.36. The summed E-state index contributed by atoms with van der Waals surface area (Å²) >= 11 is 0. The average molecular weight is 269 g/mol. The number of halogens is 1. The Morgan fingerprint density at radius 1 is 1.17 bits per heavy atom. The number of hydrogen-bond acceptors (Lipinski definition) is 3. The molecule has 1 aromatic carbocycles. The van der Waals surface area contributed by atoms with Crippen LogP contribution in [-0.2, 0) is 0 Å². The number of hydrogen-bond donors (Lipinski definition) is 1. The molecule has 0 saturated carbocycles. The maximum absolute atomic E-state index is 12.0. The number of nitrogens with one attached hydrogen (secondary N) is 1. The van der Waals surface area contributed by atoms with E-state index in [1.54, 1.807) is 24.3 Å². The molecule has 1 unspecified atom stereocenters. The number of rotatable bonds is 4. The maximum Gasteiger partial charge on any atom is 0.261 e. The summed E-state index contributed by atoms with van der Waals surface area (Å²) in [5.41, 5.74) is 1.04. The summed E-state index contributed by atoms with van der Waals surface area (Å²) in [5, 5.41) is 3.04. The van der Waals surface area contributed by atoms with Gasteiger partial charge in [0.15, 0.2) is 0 Å². The van der Waals surface area contributed by atoms with E-state index in [1.165, 1.54) is 4.90 Å². The maximum atomic E-state index is 12.0. The Balaban J connectivity index is 0.00000162. The number of fused-ring (bicyclic) bond motifs is 1. The van der Waals surface area contributed by atoms with Crippen molar-refractivity contribution in [1.82, 2.24) is 10.2 Å². The van der Waals surface area contributed by atoms with Crippen molar-refractivity contribution in [2.75, 3.05) is 20.1 Å². The number of carbonyl (C=O) groups excluding carboxylic acids is 2. The van der Waals surface area contributed by atoms with Crippen LogP contribution in [-0.4, -0.2) is 36.9 Å². The van der Waals surface area contributed by atoms with Crippen LogP contribution in [0.3, 0.4) is 0 Å². The largest absolute Gasteiger partial charge is 0.319 e. The Kier molecular flexibility index (Phi) is 4.87. The van der Waals surface area contributed by atoms with Crippen molar-refractivity contribution < 1.29 is 9.59 Å². The number of benzene rings is 1. The van der Waals surface area contributed by atoms with Gasteiger partial charge in [0.25, 0.3) is 11.8 Å². The van der Waals surface area contributed by atoms with Crippen LogP contribution < -0.4 is 5.32 Å². The van der Waals surface area contributed by atoms with Crippen LogP contribution in [0.5, 0.6) is 0 Å². The van der Waals surface area contributed by atoms with E-state index in [0.29, 0.717) is 17.7 Å². The van der Waals surface area contributed by atoms with Gasteiger partial charge in [-0.3, -0.25) is 14.5 Å². The molecule has 0 fully saturated rings. The van der Waals surface area contributed by atoms with Gasteiger partial charge in [-0.05, 0) is 31.6 Å². The SMILES string of the molecule is CNCC(C)CN1C(=O)c2ccccc2C1=O.Cl. The molecule has 5 heteroatoms. The van der Waals surface area contributed by atoms with E-state index >= 15 is 0 Å². The van der Waals surface area contributed by atoms with Gasteiger partial charge >= 0.3 is 0 Å². The molecule has 1 atom stereocenters. The first-order chi connectivity index (χ1) is 8.15. The van der Waals surface area contributed by atoms with Gasteiger partial charge in [0.1, 0.15) is 0 Å². The van der Waals surface area contributed by atoms with Crippen molar-refractivity contribution in [3.05, 3.63) is 35.4 Å². The van der Waals surface area contributed by atoms with Crippen LogP contribution in [0.1, 0.15) is 27.6 Å². The van der Waals surface area contributed by atoms with Crippen LogP contribution in [0.15, 0.2) is 24.3 Å². The van der Waals surface area contributed by atoms with E-state index in [4.69, 9.17) is 0 Å². The second-order valence-electron chi connectivity index (χ2n) is 4.43. The predicted molar refractivity (Wildman–Crippen MR) is 72.1 cm³/mol. The van der Waals surface area contributed by atoms with Gasteiger partial charge < -0.3 is 5.32 Å². The minimum atomic E-state index is -0.173. The van der Waals surface area contributed by atoms with Gasteiger partial charge in [-0.15, -0.1) is 12.4 Å². The van der Waals surface area contributed by atoms with Crippen LogP contribution in [0.2, 0.25) is 0 Å². The summed E-state index contributed by atoms with van der Waals surface area (Å²) in [6.45, 7) is 3.26. The number of carbonyl (C=O) groups is 2. The number of nitrogens with zero attached hydrogens (tertiary/aromatic N) is 1. The van der Waals surface area contributed by atoms with Crippen molar-refractivity contribution in [1.29, 1.82) is 0 Å². The first-order valence-corrected chi connectivity index (χ1v) is 5.75. The molecule has 1 aromatic rings. The topological polar surface area (TPSA) is 49.4 Å². The Bertz CT molecular complexity index is 427. The van der Waals surface area contributed by atoms with Crippen molar-refractivity contribution in [2.24, 2.45) is 5.92 Å². The summed E-state index contributed by atoms with van der Waals surface area (Å²) in [6.07, 6.45) is 0. The highest BCUT2D eigenvalue weighted by atomic mass is 35.5. The molecule has 1 aliphatic heterocycles. The second-order valence-corrected chi connectivity index (χ2v) is 4.43. The Morgan fingerprint density at radius 3 is 2.11 bits per heavy atom. The Morgan fingerprint density at radius 2 is 1.67 bits per heavy atom. The van der Waals surface area contributed by atoms with Crippen molar-refractivity contribution >= 4 is 24.2 Å². The third-order valence-electron chi connectivity index (χ3n) is 2.93. The van der Waals surface area contributed by atoms with Crippen LogP contribution in [0.4, 0.5) is 0 Å². The highest BCUT2D eigenvalue weighted by Crippen LogP contribution is 2.22. The standard InChI is InChI=1S/C13H16N2O2.ClH/c1-9(7-14-2)8-15-12(16)10-5-3-4-6-11(10)13(15)17;/h3-6,9,14H,7-8H2,1-2H3;1H. The molecule has 18 heavy (non-hydrogen) atoms. The molecule has 2 amide bonds. The van der Waals surface area contributed by atoms with Gasteiger partial charge in [0.2, 0.25) is 0 Å². The van der Waals surface area contributed by atoms with Crippen molar-refractivity contribution in [3.8, 4) is 0 Å². The van der Waals surface area contributed by atoms with E-state index in [2.05, 4.69) is 5.32 Å². The second kappa shape index (κ2) is 5.98. The zero-order valence-electron chi connectivity index (χ0n) is 10.5. The molecule has 0 saturated heterocycles. The molecule has 0 radical (unpaired) electrons.